The minimum atomic E-state index is 0.242. The molecule has 11 heavy (non-hydrogen) atoms. The summed E-state index contributed by atoms with van der Waals surface area (Å²) in [6.07, 6.45) is 1.57. The lowest BCUT2D eigenvalue weighted by molar-refractivity contribution is 0.817. The molecule has 0 saturated heterocycles. The maximum atomic E-state index is 8.03. The van der Waals surface area contributed by atoms with Crippen LogP contribution in [0.5, 0.6) is 0 Å². The van der Waals surface area contributed by atoms with E-state index < -0.39 is 0 Å². The van der Waals surface area contributed by atoms with E-state index >= 15 is 0 Å². The molecule has 0 atom stereocenters. The second-order valence-corrected chi connectivity index (χ2v) is 2.34. The van der Waals surface area contributed by atoms with Gasteiger partial charge in [-0.1, -0.05) is 16.7 Å². The van der Waals surface area contributed by atoms with Crippen molar-refractivity contribution in [3.63, 3.8) is 0 Å². The average Bonchev–Trinajstić information content (AvgIpc) is 2.29. The van der Waals surface area contributed by atoms with Crippen molar-refractivity contribution in [1.82, 2.24) is 9.55 Å². The van der Waals surface area contributed by atoms with Gasteiger partial charge in [-0.3, -0.25) is 0 Å². The first kappa shape index (κ1) is 7.91. The van der Waals surface area contributed by atoms with Crippen LogP contribution in [0, 0.1) is 0 Å². The third-order valence-corrected chi connectivity index (χ3v) is 1.61. The molecule has 0 N–H and O–H groups in total. The molecule has 1 aromatic heterocycles. The molecule has 0 amide bonds. The Morgan fingerprint density at radius 3 is 3.09 bits per heavy atom. The molecule has 6 heteroatoms. The second kappa shape index (κ2) is 3.27. The van der Waals surface area contributed by atoms with Crippen molar-refractivity contribution < 1.29 is 0 Å². The van der Waals surface area contributed by atoms with Crippen LogP contribution in [0.25, 0.3) is 10.4 Å². The molecule has 1 heterocycles. The zero-order chi connectivity index (χ0) is 8.27. The molecule has 0 radical (unpaired) electrons. The lowest BCUT2D eigenvalue weighted by Crippen LogP contribution is -1.92. The molecule has 0 saturated carbocycles. The fourth-order valence-electron chi connectivity index (χ4n) is 0.702. The predicted molar refractivity (Wildman–Crippen MR) is 41.1 cm³/mol. The van der Waals surface area contributed by atoms with Gasteiger partial charge in [0.25, 0.3) is 0 Å². The van der Waals surface area contributed by atoms with E-state index in [1.165, 1.54) is 0 Å². The minimum Gasteiger partial charge on any atom is -0.336 e. The Kier molecular flexibility index (Phi) is 2.36. The van der Waals surface area contributed by atoms with Gasteiger partial charge >= 0.3 is 0 Å². The van der Waals surface area contributed by atoms with E-state index in [1.54, 1.807) is 17.9 Å². The number of azide groups is 1. The topological polar surface area (TPSA) is 66.6 Å². The van der Waals surface area contributed by atoms with Crippen molar-refractivity contribution in [2.45, 2.75) is 6.54 Å². The Hall–Kier alpha value is -1.19. The van der Waals surface area contributed by atoms with Gasteiger partial charge in [0.15, 0.2) is 0 Å². The van der Waals surface area contributed by atoms with E-state index in [4.69, 9.17) is 17.1 Å². The largest absolute Gasteiger partial charge is 0.336 e. The van der Waals surface area contributed by atoms with Crippen LogP contribution in [0.1, 0.15) is 5.69 Å². The molecule has 0 bridgehead atoms. The van der Waals surface area contributed by atoms with Crippen LogP contribution in [0.2, 0.25) is 5.15 Å². The van der Waals surface area contributed by atoms with Crippen molar-refractivity contribution in [3.05, 3.63) is 27.6 Å². The Balaban J connectivity index is 2.91. The number of hydrogen-bond acceptors (Lipinski definition) is 2. The molecule has 0 spiro atoms. The number of aryl methyl sites for hydroxylation is 1. The van der Waals surface area contributed by atoms with Crippen molar-refractivity contribution in [2.24, 2.45) is 12.2 Å². The van der Waals surface area contributed by atoms with Crippen molar-refractivity contribution in [1.29, 1.82) is 0 Å². The maximum absolute atomic E-state index is 8.03. The van der Waals surface area contributed by atoms with Gasteiger partial charge in [-0.25, -0.2) is 4.98 Å². The third-order valence-electron chi connectivity index (χ3n) is 1.29. The first-order chi connectivity index (χ1) is 5.25. The minimum absolute atomic E-state index is 0.242. The smallest absolute Gasteiger partial charge is 0.150 e. The third kappa shape index (κ3) is 1.63. The molecular weight excluding hydrogens is 166 g/mol. The van der Waals surface area contributed by atoms with Crippen LogP contribution in [-0.2, 0) is 13.6 Å². The Bertz CT molecular complexity index is 278. The van der Waals surface area contributed by atoms with Gasteiger partial charge in [0.1, 0.15) is 5.15 Å². The maximum Gasteiger partial charge on any atom is 0.150 e. The molecule has 0 aliphatic rings. The summed E-state index contributed by atoms with van der Waals surface area (Å²) >= 11 is 5.67. The zero-order valence-electron chi connectivity index (χ0n) is 5.90. The van der Waals surface area contributed by atoms with Crippen LogP contribution in [0.3, 0.4) is 0 Å². The van der Waals surface area contributed by atoms with Crippen molar-refractivity contribution >= 4 is 11.6 Å². The molecule has 0 unspecified atom stereocenters. The van der Waals surface area contributed by atoms with Gasteiger partial charge in [-0.05, 0) is 5.53 Å². The van der Waals surface area contributed by atoms with Crippen LogP contribution in [0.4, 0.5) is 0 Å². The number of rotatable bonds is 2. The molecule has 0 fully saturated rings. The van der Waals surface area contributed by atoms with Gasteiger partial charge in [0.05, 0.1) is 18.6 Å². The molecule has 0 aliphatic carbocycles. The van der Waals surface area contributed by atoms with Crippen LogP contribution in [-0.4, -0.2) is 9.55 Å². The number of imidazole rings is 1. The summed E-state index contributed by atoms with van der Waals surface area (Å²) in [7, 11) is 1.79. The van der Waals surface area contributed by atoms with E-state index in [1.807, 2.05) is 0 Å². The molecule has 1 aromatic rings. The summed E-state index contributed by atoms with van der Waals surface area (Å²) in [6, 6.07) is 0. The second-order valence-electron chi connectivity index (χ2n) is 1.98. The Morgan fingerprint density at radius 1 is 1.91 bits per heavy atom. The van der Waals surface area contributed by atoms with E-state index in [-0.39, 0.29) is 6.54 Å². The van der Waals surface area contributed by atoms with Gasteiger partial charge in [0, 0.05) is 12.0 Å². The quantitative estimate of drug-likeness (QED) is 0.381. The summed E-state index contributed by atoms with van der Waals surface area (Å²) in [5, 5.41) is 3.76. The Labute approximate surface area is 68.2 Å². The molecule has 58 valence electrons. The number of nitrogens with zero attached hydrogens (tertiary/aromatic N) is 5. The number of halogens is 1. The molecule has 0 aromatic carbocycles. The lowest BCUT2D eigenvalue weighted by atomic mass is 10.5. The summed E-state index contributed by atoms with van der Waals surface area (Å²) in [4.78, 5) is 6.43. The van der Waals surface area contributed by atoms with Crippen LogP contribution in [0.15, 0.2) is 11.4 Å². The number of aromatic nitrogens is 2. The summed E-state index contributed by atoms with van der Waals surface area (Å²) < 4.78 is 1.72. The van der Waals surface area contributed by atoms with Crippen LogP contribution >= 0.6 is 11.6 Å². The standard InChI is InChI=1S/C5H6ClN5/c1-11-3-8-5(6)4(11)2-9-10-7/h3H,2H2,1H3. The highest BCUT2D eigenvalue weighted by atomic mass is 35.5. The first-order valence-corrected chi connectivity index (χ1v) is 3.30. The van der Waals surface area contributed by atoms with Gasteiger partial charge in [0.2, 0.25) is 0 Å². The first-order valence-electron chi connectivity index (χ1n) is 2.92. The summed E-state index contributed by atoms with van der Waals surface area (Å²) in [5.41, 5.74) is 8.76. The predicted octanol–water partition coefficient (Wildman–Crippen LogP) is 1.88. The summed E-state index contributed by atoms with van der Waals surface area (Å²) in [5.74, 6) is 0. The fourth-order valence-corrected chi connectivity index (χ4v) is 0.939. The normalized spacial score (nSPS) is 9.27. The van der Waals surface area contributed by atoms with E-state index in [0.29, 0.717) is 5.15 Å². The molecule has 0 aliphatic heterocycles. The monoisotopic (exact) mass is 171 g/mol. The lowest BCUT2D eigenvalue weighted by Gasteiger charge is -1.95. The van der Waals surface area contributed by atoms with Crippen LogP contribution < -0.4 is 0 Å². The van der Waals surface area contributed by atoms with Gasteiger partial charge in [-0.15, -0.1) is 0 Å². The van der Waals surface area contributed by atoms with E-state index in [2.05, 4.69) is 15.0 Å². The highest BCUT2D eigenvalue weighted by molar-refractivity contribution is 6.30. The van der Waals surface area contributed by atoms with E-state index in [0.717, 1.165) is 5.69 Å². The molecule has 1 rings (SSSR count). The highest BCUT2D eigenvalue weighted by Crippen LogP contribution is 2.12. The van der Waals surface area contributed by atoms with Gasteiger partial charge < -0.3 is 4.57 Å². The molecule has 5 nitrogen and oxygen atoms in total. The average molecular weight is 172 g/mol. The summed E-state index contributed by atoms with van der Waals surface area (Å²) in [6.45, 7) is 0.242. The van der Waals surface area contributed by atoms with Crippen molar-refractivity contribution in [2.75, 3.05) is 0 Å². The fraction of sp³-hybridized carbons (Fsp3) is 0.400. The van der Waals surface area contributed by atoms with E-state index in [9.17, 15) is 0 Å². The highest BCUT2D eigenvalue weighted by Gasteiger charge is 2.03. The number of hydrogen-bond donors (Lipinski definition) is 0. The SMILES string of the molecule is Cn1cnc(Cl)c1CN=[N+]=[N-]. The molecular formula is C5H6ClN5. The zero-order valence-corrected chi connectivity index (χ0v) is 6.65. The Morgan fingerprint density at radius 2 is 2.64 bits per heavy atom. The van der Waals surface area contributed by atoms with Crippen molar-refractivity contribution in [3.8, 4) is 0 Å². The van der Waals surface area contributed by atoms with Gasteiger partial charge in [-0.2, -0.15) is 0 Å².